The number of anilines is 1. The van der Waals surface area contributed by atoms with Crippen molar-refractivity contribution in [3.63, 3.8) is 0 Å². The van der Waals surface area contributed by atoms with Crippen LogP contribution in [-0.4, -0.2) is 55.8 Å². The maximum absolute atomic E-state index is 13.4. The Balaban J connectivity index is 1.93. The molecule has 0 spiro atoms. The van der Waals surface area contributed by atoms with E-state index in [1.807, 2.05) is 13.0 Å². The molecule has 1 N–H and O–H groups in total. The molecule has 27 heavy (non-hydrogen) atoms. The number of piperidine rings is 1. The lowest BCUT2D eigenvalue weighted by Gasteiger charge is -2.46. The smallest absolute Gasteiger partial charge is 0.340 e. The molecule has 0 bridgehead atoms. The first-order chi connectivity index (χ1) is 12.9. The fraction of sp³-hybridized carbons (Fsp3) is 0.619. The van der Waals surface area contributed by atoms with Gasteiger partial charge in [-0.25, -0.2) is 4.79 Å². The van der Waals surface area contributed by atoms with Crippen molar-refractivity contribution < 1.29 is 23.5 Å². The Morgan fingerprint density at radius 2 is 1.81 bits per heavy atom. The lowest BCUT2D eigenvalue weighted by molar-refractivity contribution is -0.955. The number of hydrogen-bond donors (Lipinski definition) is 1. The van der Waals surface area contributed by atoms with Crippen molar-refractivity contribution in [2.75, 3.05) is 39.2 Å². The molecule has 1 aliphatic heterocycles. The van der Waals surface area contributed by atoms with Crippen molar-refractivity contribution in [2.45, 2.75) is 51.5 Å². The molecule has 3 rings (SSSR count). The molecule has 0 aromatic heterocycles. The maximum atomic E-state index is 13.4. The first kappa shape index (κ1) is 19.7. The largest absolute Gasteiger partial charge is 0.497 e. The Bertz CT molecular complexity index is 734. The lowest BCUT2D eigenvalue weighted by atomic mass is 10.00. The number of likely N-dealkylation sites (N-methyl/N-ethyl adjacent to an activating group) is 1. The summed E-state index contributed by atoms with van der Waals surface area (Å²) in [6, 6.07) is 3.45. The number of nitrogens with one attached hydrogen (secondary N) is 1. The number of carbonyl (C=O) groups excluding carboxylic acids is 2. The van der Waals surface area contributed by atoms with E-state index in [9.17, 15) is 9.59 Å². The van der Waals surface area contributed by atoms with E-state index >= 15 is 0 Å². The molecule has 1 saturated carbocycles. The molecule has 1 amide bonds. The summed E-state index contributed by atoms with van der Waals surface area (Å²) in [4.78, 5) is 25.7. The summed E-state index contributed by atoms with van der Waals surface area (Å²) in [5, 5.41) is 3.09. The first-order valence-corrected chi connectivity index (χ1v) is 9.87. The van der Waals surface area contributed by atoms with Gasteiger partial charge >= 0.3 is 5.97 Å². The first-order valence-electron chi connectivity index (χ1n) is 9.87. The van der Waals surface area contributed by atoms with Crippen molar-refractivity contribution in [1.29, 1.82) is 0 Å². The van der Waals surface area contributed by atoms with Gasteiger partial charge in [0, 0.05) is 12.8 Å². The third kappa shape index (κ3) is 3.31. The van der Waals surface area contributed by atoms with Gasteiger partial charge in [0.15, 0.2) is 5.54 Å². The highest BCUT2D eigenvalue weighted by Gasteiger charge is 2.65. The van der Waals surface area contributed by atoms with E-state index in [-0.39, 0.29) is 11.4 Å². The average Bonchev–Trinajstić information content (AvgIpc) is 3.51. The summed E-state index contributed by atoms with van der Waals surface area (Å²) in [7, 11) is 2.90. The molecule has 1 saturated heterocycles. The van der Waals surface area contributed by atoms with Crippen molar-refractivity contribution in [1.82, 2.24) is 0 Å². The van der Waals surface area contributed by atoms with Crippen LogP contribution in [0.15, 0.2) is 12.1 Å². The zero-order valence-electron chi connectivity index (χ0n) is 16.9. The van der Waals surface area contributed by atoms with E-state index in [1.54, 1.807) is 13.2 Å². The zero-order chi connectivity index (χ0) is 19.7. The van der Waals surface area contributed by atoms with Crippen LogP contribution in [0.4, 0.5) is 5.69 Å². The summed E-state index contributed by atoms with van der Waals surface area (Å²) in [6.07, 6.45) is 5.43. The number of amides is 1. The van der Waals surface area contributed by atoms with Crippen molar-refractivity contribution >= 4 is 17.6 Å². The third-order valence-corrected chi connectivity index (χ3v) is 6.52. The van der Waals surface area contributed by atoms with Gasteiger partial charge < -0.3 is 19.3 Å². The zero-order valence-corrected chi connectivity index (χ0v) is 16.9. The highest BCUT2D eigenvalue weighted by Crippen LogP contribution is 2.49. The number of ether oxygens (including phenoxy) is 2. The van der Waals surface area contributed by atoms with Gasteiger partial charge in [0.1, 0.15) is 5.75 Å². The monoisotopic (exact) mass is 375 g/mol. The second kappa shape index (κ2) is 7.50. The SMILES string of the molecule is CC[N+]1(C2(C(=O)Nc3c(C)cc(OC)cc3C(=O)OC)CC2)CCCCC1. The van der Waals surface area contributed by atoms with E-state index in [4.69, 9.17) is 9.47 Å². The van der Waals surface area contributed by atoms with Gasteiger partial charge in [-0.1, -0.05) is 0 Å². The summed E-state index contributed by atoms with van der Waals surface area (Å²) in [5.74, 6) is 0.124. The van der Waals surface area contributed by atoms with Crippen LogP contribution in [-0.2, 0) is 9.53 Å². The minimum atomic E-state index is -0.477. The maximum Gasteiger partial charge on any atom is 0.340 e. The van der Waals surface area contributed by atoms with Gasteiger partial charge in [-0.15, -0.1) is 0 Å². The minimum Gasteiger partial charge on any atom is -0.497 e. The number of hydrogen-bond acceptors (Lipinski definition) is 4. The number of benzene rings is 1. The van der Waals surface area contributed by atoms with Crippen molar-refractivity contribution in [2.24, 2.45) is 0 Å². The van der Waals surface area contributed by atoms with E-state index in [0.717, 1.165) is 42.5 Å². The van der Waals surface area contributed by atoms with Crippen LogP contribution in [0.3, 0.4) is 0 Å². The Morgan fingerprint density at radius 3 is 2.33 bits per heavy atom. The highest BCUT2D eigenvalue weighted by molar-refractivity contribution is 6.06. The summed E-state index contributed by atoms with van der Waals surface area (Å²) in [5.41, 5.74) is 1.31. The normalized spacial score (nSPS) is 19.9. The van der Waals surface area contributed by atoms with Gasteiger partial charge in [-0.05, 0) is 50.8 Å². The molecule has 148 valence electrons. The molecule has 0 radical (unpaired) electrons. The number of nitrogens with zero attached hydrogens (tertiary/aromatic N) is 1. The molecular formula is C21H31N2O4+. The number of rotatable bonds is 6. The molecule has 0 unspecified atom stereocenters. The molecule has 0 atom stereocenters. The number of esters is 1. The van der Waals surface area contributed by atoms with Crippen LogP contribution in [0.5, 0.6) is 5.75 Å². The van der Waals surface area contributed by atoms with Gasteiger partial charge in [0.2, 0.25) is 0 Å². The summed E-state index contributed by atoms with van der Waals surface area (Å²) >= 11 is 0. The van der Waals surface area contributed by atoms with E-state index in [1.165, 1.54) is 26.4 Å². The van der Waals surface area contributed by atoms with E-state index in [2.05, 4.69) is 12.2 Å². The highest BCUT2D eigenvalue weighted by atomic mass is 16.5. The Kier molecular flexibility index (Phi) is 5.47. The fourth-order valence-electron chi connectivity index (χ4n) is 4.74. The molecule has 1 aliphatic carbocycles. The van der Waals surface area contributed by atoms with Gasteiger partial charge in [-0.3, -0.25) is 4.79 Å². The van der Waals surface area contributed by atoms with Gasteiger partial charge in [0.25, 0.3) is 5.91 Å². The topological polar surface area (TPSA) is 64.6 Å². The average molecular weight is 375 g/mol. The number of methoxy groups -OCH3 is 2. The molecule has 1 aromatic rings. The molecular weight excluding hydrogens is 344 g/mol. The molecule has 6 heteroatoms. The number of quaternary nitrogens is 1. The standard InChI is InChI=1S/C21H30N2O4/c1-5-23(11-7-6-8-12-23)21(9-10-21)20(25)22-18-15(2)13-16(26-3)14-17(18)19(24)27-4/h13-14H,5-12H2,1-4H3/p+1. The molecule has 6 nitrogen and oxygen atoms in total. The van der Waals surface area contributed by atoms with Crippen LogP contribution in [0.1, 0.15) is 54.9 Å². The van der Waals surface area contributed by atoms with E-state index < -0.39 is 5.97 Å². The van der Waals surface area contributed by atoms with Crippen LogP contribution >= 0.6 is 0 Å². The Labute approximate surface area is 161 Å². The summed E-state index contributed by atoms with van der Waals surface area (Å²) < 4.78 is 11.1. The van der Waals surface area contributed by atoms with Crippen LogP contribution in [0, 0.1) is 6.92 Å². The number of carbonyl (C=O) groups is 2. The van der Waals surface area contributed by atoms with Crippen LogP contribution in [0.2, 0.25) is 0 Å². The van der Waals surface area contributed by atoms with E-state index in [0.29, 0.717) is 17.0 Å². The summed E-state index contributed by atoms with van der Waals surface area (Å²) in [6.45, 7) is 7.16. The third-order valence-electron chi connectivity index (χ3n) is 6.52. The minimum absolute atomic E-state index is 0.0321. The molecule has 2 aliphatic rings. The Morgan fingerprint density at radius 1 is 1.15 bits per heavy atom. The van der Waals surface area contributed by atoms with Crippen molar-refractivity contribution in [3.8, 4) is 5.75 Å². The van der Waals surface area contributed by atoms with Crippen molar-refractivity contribution in [3.05, 3.63) is 23.3 Å². The predicted octanol–water partition coefficient (Wildman–Crippen LogP) is 3.28. The lowest BCUT2D eigenvalue weighted by Crippen LogP contribution is -2.64. The van der Waals surface area contributed by atoms with Gasteiger partial charge in [-0.2, -0.15) is 0 Å². The molecule has 2 fully saturated rings. The number of aryl methyl sites for hydroxylation is 1. The van der Waals surface area contributed by atoms with Crippen LogP contribution < -0.4 is 10.1 Å². The Hall–Kier alpha value is -2.08. The second-order valence-electron chi connectivity index (χ2n) is 7.81. The second-order valence-corrected chi connectivity index (χ2v) is 7.81. The number of likely N-dealkylation sites (tertiary alicyclic amines) is 1. The molecule has 1 heterocycles. The predicted molar refractivity (Wildman–Crippen MR) is 104 cm³/mol. The quantitative estimate of drug-likeness (QED) is 0.612. The van der Waals surface area contributed by atoms with Gasteiger partial charge in [0.05, 0.1) is 45.1 Å². The fourth-order valence-corrected chi connectivity index (χ4v) is 4.74. The molecule has 1 aromatic carbocycles. The van der Waals surface area contributed by atoms with Crippen LogP contribution in [0.25, 0.3) is 0 Å².